The average Bonchev–Trinajstić information content (AvgIpc) is 2.77. The van der Waals surface area contributed by atoms with Gasteiger partial charge in [-0.3, -0.25) is 0 Å². The van der Waals surface area contributed by atoms with Crippen LogP contribution in [0, 0.1) is 11.8 Å². The Bertz CT molecular complexity index is 260. The molecule has 1 aliphatic carbocycles. The van der Waals surface area contributed by atoms with Crippen molar-refractivity contribution >= 4 is 0 Å². The van der Waals surface area contributed by atoms with Crippen LogP contribution in [0.15, 0.2) is 0 Å². The molecule has 98 valence electrons. The topological polar surface area (TPSA) is 38.7 Å². The van der Waals surface area contributed by atoms with Gasteiger partial charge in [-0.2, -0.15) is 0 Å². The van der Waals surface area contributed by atoms with E-state index in [2.05, 4.69) is 0 Å². The van der Waals surface area contributed by atoms with Gasteiger partial charge in [0.25, 0.3) is 0 Å². The minimum Gasteiger partial charge on any atom is -0.393 e. The summed E-state index contributed by atoms with van der Waals surface area (Å²) >= 11 is 0. The number of rotatable bonds is 1. The SMILES string of the molecule is OC1CCCC(C2CCOC3(CCOC3)C2)C1. The Balaban J connectivity index is 1.62. The van der Waals surface area contributed by atoms with Crippen molar-refractivity contribution in [1.29, 1.82) is 0 Å². The van der Waals surface area contributed by atoms with Gasteiger partial charge in [0.05, 0.1) is 18.3 Å². The summed E-state index contributed by atoms with van der Waals surface area (Å²) in [6.07, 6.45) is 7.89. The maximum absolute atomic E-state index is 9.81. The Morgan fingerprint density at radius 2 is 2.00 bits per heavy atom. The predicted octanol–water partition coefficient (Wildman–Crippen LogP) is 2.12. The summed E-state index contributed by atoms with van der Waals surface area (Å²) in [5, 5.41) is 9.81. The number of hydrogen-bond acceptors (Lipinski definition) is 3. The van der Waals surface area contributed by atoms with E-state index in [1.54, 1.807) is 0 Å². The molecule has 0 aromatic heterocycles. The van der Waals surface area contributed by atoms with Gasteiger partial charge in [-0.05, 0) is 43.9 Å². The quantitative estimate of drug-likeness (QED) is 0.763. The fourth-order valence-corrected chi connectivity index (χ4v) is 3.96. The van der Waals surface area contributed by atoms with E-state index in [0.29, 0.717) is 0 Å². The van der Waals surface area contributed by atoms with Crippen LogP contribution in [-0.4, -0.2) is 36.6 Å². The molecule has 0 aromatic carbocycles. The van der Waals surface area contributed by atoms with Crippen molar-refractivity contribution in [2.24, 2.45) is 11.8 Å². The molecule has 1 N–H and O–H groups in total. The summed E-state index contributed by atoms with van der Waals surface area (Å²) in [7, 11) is 0. The molecule has 3 nitrogen and oxygen atoms in total. The van der Waals surface area contributed by atoms with E-state index in [1.807, 2.05) is 0 Å². The molecule has 0 aromatic rings. The fourth-order valence-electron chi connectivity index (χ4n) is 3.96. The van der Waals surface area contributed by atoms with Gasteiger partial charge < -0.3 is 14.6 Å². The van der Waals surface area contributed by atoms with E-state index in [4.69, 9.17) is 9.47 Å². The van der Waals surface area contributed by atoms with Crippen molar-refractivity contribution in [3.05, 3.63) is 0 Å². The van der Waals surface area contributed by atoms with Crippen molar-refractivity contribution in [2.45, 2.75) is 56.7 Å². The third-order valence-electron chi connectivity index (χ3n) is 4.95. The molecule has 1 saturated carbocycles. The van der Waals surface area contributed by atoms with Crippen molar-refractivity contribution in [3.8, 4) is 0 Å². The van der Waals surface area contributed by atoms with Gasteiger partial charge in [-0.15, -0.1) is 0 Å². The molecule has 0 radical (unpaired) electrons. The van der Waals surface area contributed by atoms with E-state index < -0.39 is 0 Å². The standard InChI is InChI=1S/C14H24O3/c15-13-3-1-2-11(8-13)12-4-6-17-14(9-12)5-7-16-10-14/h11-13,15H,1-10H2. The molecule has 4 unspecified atom stereocenters. The molecule has 3 heteroatoms. The zero-order valence-corrected chi connectivity index (χ0v) is 10.6. The first kappa shape index (κ1) is 11.9. The summed E-state index contributed by atoms with van der Waals surface area (Å²) in [5.74, 6) is 1.47. The monoisotopic (exact) mass is 240 g/mol. The van der Waals surface area contributed by atoms with E-state index in [9.17, 15) is 5.11 Å². The lowest BCUT2D eigenvalue weighted by Crippen LogP contribution is -2.43. The van der Waals surface area contributed by atoms with Crippen LogP contribution < -0.4 is 0 Å². The fraction of sp³-hybridized carbons (Fsp3) is 1.00. The van der Waals surface area contributed by atoms with Crippen LogP contribution in [0.1, 0.15) is 44.9 Å². The lowest BCUT2D eigenvalue weighted by atomic mass is 9.72. The second kappa shape index (κ2) is 4.87. The van der Waals surface area contributed by atoms with Crippen LogP contribution in [0.4, 0.5) is 0 Å². The minimum absolute atomic E-state index is 0.0331. The van der Waals surface area contributed by atoms with Crippen molar-refractivity contribution in [3.63, 3.8) is 0 Å². The molecule has 1 spiro atoms. The largest absolute Gasteiger partial charge is 0.393 e. The van der Waals surface area contributed by atoms with Crippen molar-refractivity contribution < 1.29 is 14.6 Å². The molecule has 3 aliphatic rings. The summed E-state index contributed by atoms with van der Waals surface area (Å²) in [4.78, 5) is 0. The van der Waals surface area contributed by atoms with Gasteiger partial charge in [0.15, 0.2) is 0 Å². The van der Waals surface area contributed by atoms with Gasteiger partial charge >= 0.3 is 0 Å². The first-order chi connectivity index (χ1) is 8.27. The minimum atomic E-state index is -0.0487. The normalized spacial score (nSPS) is 47.5. The molecule has 2 heterocycles. The van der Waals surface area contributed by atoms with Crippen LogP contribution in [0.25, 0.3) is 0 Å². The summed E-state index contributed by atoms with van der Waals surface area (Å²) < 4.78 is 11.5. The zero-order chi connectivity index (χ0) is 11.7. The second-order valence-electron chi connectivity index (χ2n) is 6.17. The van der Waals surface area contributed by atoms with Crippen LogP contribution in [0.2, 0.25) is 0 Å². The van der Waals surface area contributed by atoms with Crippen molar-refractivity contribution in [1.82, 2.24) is 0 Å². The Morgan fingerprint density at radius 3 is 2.76 bits per heavy atom. The van der Waals surface area contributed by atoms with Crippen LogP contribution in [0.5, 0.6) is 0 Å². The molecule has 0 bridgehead atoms. The highest BCUT2D eigenvalue weighted by molar-refractivity contribution is 4.93. The van der Waals surface area contributed by atoms with Gasteiger partial charge in [-0.1, -0.05) is 6.42 Å². The lowest BCUT2D eigenvalue weighted by Gasteiger charge is -2.42. The van der Waals surface area contributed by atoms with Gasteiger partial charge in [0, 0.05) is 19.6 Å². The smallest absolute Gasteiger partial charge is 0.0939 e. The first-order valence-corrected chi connectivity index (χ1v) is 7.17. The first-order valence-electron chi connectivity index (χ1n) is 7.17. The molecular formula is C14H24O3. The Labute approximate surface area is 103 Å². The van der Waals surface area contributed by atoms with Crippen LogP contribution in [-0.2, 0) is 9.47 Å². The second-order valence-corrected chi connectivity index (χ2v) is 6.17. The molecule has 3 fully saturated rings. The number of hydrogen-bond donors (Lipinski definition) is 1. The number of aliphatic hydroxyl groups is 1. The zero-order valence-electron chi connectivity index (χ0n) is 10.6. The summed E-state index contributed by atoms with van der Waals surface area (Å²) in [5.41, 5.74) is 0.0331. The Kier molecular flexibility index (Phi) is 3.42. The molecule has 2 aliphatic heterocycles. The molecule has 4 atom stereocenters. The lowest BCUT2D eigenvalue weighted by molar-refractivity contribution is -0.111. The molecule has 3 rings (SSSR count). The van der Waals surface area contributed by atoms with Crippen LogP contribution >= 0.6 is 0 Å². The summed E-state index contributed by atoms with van der Waals surface area (Å²) in [6, 6.07) is 0. The van der Waals surface area contributed by atoms with E-state index in [0.717, 1.165) is 57.3 Å². The molecule has 17 heavy (non-hydrogen) atoms. The number of ether oxygens (including phenoxy) is 2. The van der Waals surface area contributed by atoms with Crippen molar-refractivity contribution in [2.75, 3.05) is 19.8 Å². The van der Waals surface area contributed by atoms with E-state index in [1.165, 1.54) is 19.3 Å². The van der Waals surface area contributed by atoms with Gasteiger partial charge in [0.2, 0.25) is 0 Å². The van der Waals surface area contributed by atoms with E-state index in [-0.39, 0.29) is 11.7 Å². The maximum Gasteiger partial charge on any atom is 0.0939 e. The Hall–Kier alpha value is -0.120. The van der Waals surface area contributed by atoms with Gasteiger partial charge in [0.1, 0.15) is 0 Å². The summed E-state index contributed by atoms with van der Waals surface area (Å²) in [6.45, 7) is 2.54. The predicted molar refractivity (Wildman–Crippen MR) is 64.8 cm³/mol. The van der Waals surface area contributed by atoms with Gasteiger partial charge in [-0.25, -0.2) is 0 Å². The third-order valence-corrected chi connectivity index (χ3v) is 4.95. The highest BCUT2D eigenvalue weighted by Crippen LogP contribution is 2.42. The Morgan fingerprint density at radius 1 is 1.06 bits per heavy atom. The highest BCUT2D eigenvalue weighted by atomic mass is 16.6. The highest BCUT2D eigenvalue weighted by Gasteiger charge is 2.43. The van der Waals surface area contributed by atoms with E-state index >= 15 is 0 Å². The molecule has 2 saturated heterocycles. The number of aliphatic hydroxyl groups excluding tert-OH is 1. The third kappa shape index (κ3) is 2.51. The van der Waals surface area contributed by atoms with Crippen LogP contribution in [0.3, 0.4) is 0 Å². The average molecular weight is 240 g/mol. The molecule has 0 amide bonds. The molecular weight excluding hydrogens is 216 g/mol. The maximum atomic E-state index is 9.81.